The number of allylic oxidation sites excluding steroid dienone is 4. The van der Waals surface area contributed by atoms with Crippen molar-refractivity contribution >= 4 is 23.5 Å². The summed E-state index contributed by atoms with van der Waals surface area (Å²) in [6.45, 7) is 2.43. The Morgan fingerprint density at radius 2 is 1.80 bits per heavy atom. The summed E-state index contributed by atoms with van der Waals surface area (Å²) >= 11 is 4.32. The van der Waals surface area contributed by atoms with E-state index in [1.54, 1.807) is 0 Å². The van der Waals surface area contributed by atoms with E-state index in [9.17, 15) is 0 Å². The van der Waals surface area contributed by atoms with Crippen molar-refractivity contribution in [3.8, 4) is 0 Å². The Morgan fingerprint density at radius 1 is 1.07 bits per heavy atom. The molecule has 84 valence electrons. The summed E-state index contributed by atoms with van der Waals surface area (Å²) in [6.07, 6.45) is 13.3. The minimum Gasteiger partial charge on any atom is -0.146 e. The molecule has 0 spiro atoms. The normalized spacial score (nSPS) is 34.3. The molecule has 1 fully saturated rings. The Bertz CT molecular complexity index is 239. The first kappa shape index (κ1) is 11.7. The fraction of sp³-hybridized carbons (Fsp3) is 0.692. The minimum atomic E-state index is 0.768. The Balaban J connectivity index is 1.94. The van der Waals surface area contributed by atoms with Gasteiger partial charge in [0.25, 0.3) is 0 Å². The van der Waals surface area contributed by atoms with Gasteiger partial charge in [0, 0.05) is 11.5 Å². The average Bonchev–Trinajstić information content (AvgIpc) is 2.68. The average molecular weight is 240 g/mol. The third kappa shape index (κ3) is 3.32. The van der Waals surface area contributed by atoms with E-state index in [1.165, 1.54) is 30.8 Å². The van der Waals surface area contributed by atoms with E-state index in [0.29, 0.717) is 0 Å². The summed E-state index contributed by atoms with van der Waals surface area (Å²) in [7, 11) is 0. The lowest BCUT2D eigenvalue weighted by molar-refractivity contribution is 0.462. The van der Waals surface area contributed by atoms with Crippen LogP contribution in [0.5, 0.6) is 0 Å². The molecule has 2 heteroatoms. The Labute approximate surface area is 102 Å². The van der Waals surface area contributed by atoms with Gasteiger partial charge in [0.1, 0.15) is 0 Å². The third-order valence-corrected chi connectivity index (χ3v) is 6.68. The maximum absolute atomic E-state index is 2.47. The van der Waals surface area contributed by atoms with Crippen LogP contribution in [0.2, 0.25) is 0 Å². The summed E-state index contributed by atoms with van der Waals surface area (Å²) in [5.41, 5.74) is 0. The molecular formula is C13H20S2. The van der Waals surface area contributed by atoms with Crippen molar-refractivity contribution in [2.24, 2.45) is 11.8 Å². The van der Waals surface area contributed by atoms with E-state index in [2.05, 4.69) is 54.8 Å². The van der Waals surface area contributed by atoms with Crippen molar-refractivity contribution in [2.75, 3.05) is 11.5 Å². The lowest BCUT2D eigenvalue weighted by atomic mass is 9.90. The summed E-state index contributed by atoms with van der Waals surface area (Å²) in [5.74, 6) is 4.30. The van der Waals surface area contributed by atoms with E-state index < -0.39 is 0 Å². The van der Waals surface area contributed by atoms with Crippen LogP contribution in [0.3, 0.4) is 0 Å². The highest BCUT2D eigenvalue weighted by molar-refractivity contribution is 8.20. The van der Waals surface area contributed by atoms with E-state index in [-0.39, 0.29) is 0 Å². The van der Waals surface area contributed by atoms with Crippen molar-refractivity contribution in [1.82, 2.24) is 0 Å². The van der Waals surface area contributed by atoms with Crippen LogP contribution in [-0.2, 0) is 0 Å². The topological polar surface area (TPSA) is 0 Å². The van der Waals surface area contributed by atoms with Crippen LogP contribution in [0.15, 0.2) is 24.3 Å². The molecule has 15 heavy (non-hydrogen) atoms. The van der Waals surface area contributed by atoms with Crippen molar-refractivity contribution in [1.29, 1.82) is 0 Å². The maximum Gasteiger partial charge on any atom is 0.0534 e. The van der Waals surface area contributed by atoms with Gasteiger partial charge in [-0.25, -0.2) is 0 Å². The molecule has 0 bridgehead atoms. The zero-order valence-corrected chi connectivity index (χ0v) is 11.0. The SMILES string of the molecule is CC(C1/C=C\CC/C=C\C1)C1SCCS1. The van der Waals surface area contributed by atoms with Gasteiger partial charge in [-0.15, -0.1) is 23.5 Å². The van der Waals surface area contributed by atoms with Gasteiger partial charge in [-0.2, -0.15) is 0 Å². The fourth-order valence-electron chi connectivity index (χ4n) is 2.19. The molecule has 0 saturated carbocycles. The molecule has 2 atom stereocenters. The molecule has 2 unspecified atom stereocenters. The fourth-order valence-corrected chi connectivity index (χ4v) is 5.39. The smallest absolute Gasteiger partial charge is 0.0534 e. The molecule has 0 radical (unpaired) electrons. The van der Waals surface area contributed by atoms with Gasteiger partial charge in [-0.3, -0.25) is 0 Å². The predicted octanol–water partition coefficient (Wildman–Crippen LogP) is 4.34. The van der Waals surface area contributed by atoms with E-state index in [0.717, 1.165) is 16.4 Å². The molecular weight excluding hydrogens is 220 g/mol. The Morgan fingerprint density at radius 3 is 2.60 bits per heavy atom. The molecule has 0 nitrogen and oxygen atoms in total. The van der Waals surface area contributed by atoms with Crippen molar-refractivity contribution in [3.63, 3.8) is 0 Å². The second-order valence-electron chi connectivity index (χ2n) is 4.35. The Hall–Kier alpha value is 0.180. The largest absolute Gasteiger partial charge is 0.146 e. The molecule has 1 heterocycles. The van der Waals surface area contributed by atoms with Gasteiger partial charge in [0.2, 0.25) is 0 Å². The lowest BCUT2D eigenvalue weighted by Gasteiger charge is -2.25. The van der Waals surface area contributed by atoms with Gasteiger partial charge in [0.15, 0.2) is 0 Å². The number of rotatable bonds is 2. The van der Waals surface area contributed by atoms with Crippen LogP contribution in [0, 0.1) is 11.8 Å². The first-order valence-corrected chi connectivity index (χ1v) is 8.02. The summed E-state index contributed by atoms with van der Waals surface area (Å²) in [4.78, 5) is 0. The first-order valence-electron chi connectivity index (χ1n) is 5.93. The zero-order valence-electron chi connectivity index (χ0n) is 9.39. The van der Waals surface area contributed by atoms with Crippen LogP contribution in [-0.4, -0.2) is 16.1 Å². The molecule has 0 amide bonds. The Kier molecular flexibility index (Phi) is 4.70. The highest BCUT2D eigenvalue weighted by Crippen LogP contribution is 2.41. The van der Waals surface area contributed by atoms with Crippen LogP contribution < -0.4 is 0 Å². The van der Waals surface area contributed by atoms with Crippen LogP contribution >= 0.6 is 23.5 Å². The second kappa shape index (κ2) is 6.05. The summed E-state index contributed by atoms with van der Waals surface area (Å²) < 4.78 is 0.840. The number of hydrogen-bond donors (Lipinski definition) is 0. The molecule has 2 aliphatic rings. The predicted molar refractivity (Wildman–Crippen MR) is 73.5 cm³/mol. The number of hydrogen-bond acceptors (Lipinski definition) is 2. The van der Waals surface area contributed by atoms with Gasteiger partial charge in [0.05, 0.1) is 4.58 Å². The minimum absolute atomic E-state index is 0.768. The second-order valence-corrected chi connectivity index (χ2v) is 7.14. The van der Waals surface area contributed by atoms with Crippen molar-refractivity contribution in [3.05, 3.63) is 24.3 Å². The van der Waals surface area contributed by atoms with Crippen LogP contribution in [0.1, 0.15) is 26.2 Å². The monoisotopic (exact) mass is 240 g/mol. The van der Waals surface area contributed by atoms with Gasteiger partial charge in [-0.1, -0.05) is 31.2 Å². The molecule has 0 aromatic carbocycles. The highest BCUT2D eigenvalue weighted by Gasteiger charge is 2.27. The van der Waals surface area contributed by atoms with E-state index in [4.69, 9.17) is 0 Å². The highest BCUT2D eigenvalue weighted by atomic mass is 32.2. The van der Waals surface area contributed by atoms with E-state index in [1.807, 2.05) is 0 Å². The molecule has 1 saturated heterocycles. The van der Waals surface area contributed by atoms with Crippen molar-refractivity contribution in [2.45, 2.75) is 30.8 Å². The zero-order chi connectivity index (χ0) is 10.5. The molecule has 1 aliphatic carbocycles. The first-order chi connectivity index (χ1) is 7.38. The molecule has 2 rings (SSSR count). The summed E-state index contributed by atoms with van der Waals surface area (Å²) in [5, 5.41) is 0. The van der Waals surface area contributed by atoms with Gasteiger partial charge in [-0.05, 0) is 31.1 Å². The molecule has 1 aliphatic heterocycles. The van der Waals surface area contributed by atoms with Crippen LogP contribution in [0.4, 0.5) is 0 Å². The molecule has 0 aromatic heterocycles. The van der Waals surface area contributed by atoms with Gasteiger partial charge >= 0.3 is 0 Å². The molecule has 0 aromatic rings. The third-order valence-electron chi connectivity index (χ3n) is 3.21. The number of thioether (sulfide) groups is 2. The lowest BCUT2D eigenvalue weighted by Crippen LogP contribution is -2.17. The standard InChI is InChI=1S/C13H20S2/c1-11(13-14-9-10-15-13)12-7-5-3-2-4-6-8-12/h3,5-6,8,11-13H,2,4,7,9-10H2,1H3/b5-3-,8-6-. The quantitative estimate of drug-likeness (QED) is 0.659. The van der Waals surface area contributed by atoms with Crippen LogP contribution in [0.25, 0.3) is 0 Å². The van der Waals surface area contributed by atoms with E-state index >= 15 is 0 Å². The maximum atomic E-state index is 2.47. The van der Waals surface area contributed by atoms with Crippen molar-refractivity contribution < 1.29 is 0 Å². The molecule has 0 N–H and O–H groups in total. The summed E-state index contributed by atoms with van der Waals surface area (Å²) in [6, 6.07) is 0. The van der Waals surface area contributed by atoms with Gasteiger partial charge < -0.3 is 0 Å².